The van der Waals surface area contributed by atoms with Gasteiger partial charge in [0.25, 0.3) is 0 Å². The number of benzene rings is 6. The highest BCUT2D eigenvalue weighted by atomic mass is 16.1. The van der Waals surface area contributed by atoms with Gasteiger partial charge in [-0.15, -0.1) is 0 Å². The summed E-state index contributed by atoms with van der Waals surface area (Å²) in [4.78, 5) is 50.5. The number of aromatic amines is 2. The lowest BCUT2D eigenvalue weighted by Crippen LogP contribution is -2.46. The van der Waals surface area contributed by atoms with Crippen LogP contribution in [-0.4, -0.2) is 33.0 Å². The molecule has 2 unspecified atom stereocenters. The van der Waals surface area contributed by atoms with Crippen molar-refractivity contribution in [3.8, 4) is 0 Å². The van der Waals surface area contributed by atoms with Crippen LogP contribution < -0.4 is 0 Å². The van der Waals surface area contributed by atoms with Gasteiger partial charge in [0.2, 0.25) is 0 Å². The van der Waals surface area contributed by atoms with E-state index in [0.29, 0.717) is 22.6 Å². The Labute approximate surface area is 382 Å². The highest BCUT2D eigenvalue weighted by Gasteiger charge is 2.56. The zero-order valence-electron chi connectivity index (χ0n) is 37.6. The van der Waals surface area contributed by atoms with E-state index in [1.807, 2.05) is 42.5 Å². The Morgan fingerprint density at radius 3 is 1.27 bits per heavy atom. The van der Waals surface area contributed by atoms with E-state index in [0.717, 1.165) is 111 Å². The summed E-state index contributed by atoms with van der Waals surface area (Å²) < 4.78 is 0. The van der Waals surface area contributed by atoms with Gasteiger partial charge in [-0.3, -0.25) is 19.6 Å². The number of hydrogen-bond donors (Lipinski definition) is 2. The minimum atomic E-state index is -1.34. The Morgan fingerprint density at radius 2 is 0.833 bits per heavy atom. The Balaban J connectivity index is 1.19. The number of hydrogen-bond acceptors (Lipinski definition) is 4. The van der Waals surface area contributed by atoms with E-state index < -0.39 is 10.8 Å². The Morgan fingerprint density at radius 1 is 0.439 bits per heavy atom. The molecule has 316 valence electrons. The molecule has 2 aromatic heterocycles. The molecule has 8 bridgehead atoms. The first-order valence-corrected chi connectivity index (χ1v) is 22.7. The first-order chi connectivity index (χ1) is 32.0. The van der Waals surface area contributed by atoms with Gasteiger partial charge < -0.3 is 9.97 Å². The van der Waals surface area contributed by atoms with Crippen LogP contribution in [-0.2, 0) is 10.8 Å². The van der Waals surface area contributed by atoms with Crippen molar-refractivity contribution in [3.63, 3.8) is 0 Å². The van der Waals surface area contributed by atoms with Crippen molar-refractivity contribution >= 4 is 55.7 Å². The maximum atomic E-state index is 15.7. The lowest BCUT2D eigenvalue weighted by atomic mass is 9.71. The van der Waals surface area contributed by atoms with E-state index in [1.165, 1.54) is 11.1 Å². The van der Waals surface area contributed by atoms with Gasteiger partial charge in [-0.25, -0.2) is 0 Å². The van der Waals surface area contributed by atoms with Gasteiger partial charge in [0, 0.05) is 45.0 Å². The van der Waals surface area contributed by atoms with Gasteiger partial charge in [-0.2, -0.15) is 0 Å². The third-order valence-corrected chi connectivity index (χ3v) is 14.9. The molecule has 5 aliphatic rings. The van der Waals surface area contributed by atoms with Crippen LogP contribution in [0.2, 0.25) is 0 Å². The van der Waals surface area contributed by atoms with Gasteiger partial charge >= 0.3 is 0 Å². The van der Waals surface area contributed by atoms with Crippen LogP contribution in [0.25, 0.3) is 32.7 Å². The van der Waals surface area contributed by atoms with Gasteiger partial charge in [-0.1, -0.05) is 108 Å². The molecule has 6 heteroatoms. The van der Waals surface area contributed by atoms with Crippen LogP contribution in [0.1, 0.15) is 99.1 Å². The van der Waals surface area contributed by atoms with Crippen LogP contribution in [0.15, 0.2) is 167 Å². The SMILES string of the molecule is Cc1cc(C)c(C2=C3C=CC(=N3)C3(C(=O)c4cccc5cccc3c45)C3=N/C(=C(/c4c(C)cc(C)cc4C)c4ccc([nH]4)C4(C(=O)c5cccc6cccc4c56)c4ccc2[nH]4)C=C3)c(C)c1. The lowest BCUT2D eigenvalue weighted by molar-refractivity contribution is 0.0939. The Hall–Kier alpha value is -7.96. The number of Topliss-reactive ketones (excluding diaryl/α,β-unsaturated/α-hetero) is 2. The van der Waals surface area contributed by atoms with Crippen LogP contribution in [0.5, 0.6) is 0 Å². The fourth-order valence-corrected chi connectivity index (χ4v) is 12.5. The zero-order valence-corrected chi connectivity index (χ0v) is 37.6. The molecular formula is C60H44N4O2. The van der Waals surface area contributed by atoms with E-state index in [4.69, 9.17) is 9.98 Å². The standard InChI is InChI=1S/C60H44N4O2/c1-31-27-33(3)51(34(4)28-31)55-43-19-23-47(61-43)59(41-17-9-13-37-11-7-15-39(53(37)41)57(59)65)49-25-21-45(63-49)56(52-35(5)29-32(2)30-36(52)6)46-22-26-50(64-46)60(48-24-20-44(55)62-48)42-18-10-14-38-12-8-16-40(54(38)42)58(60)66/h7-30,61,63H,1-6H3/b55-44+,56-46?. The summed E-state index contributed by atoms with van der Waals surface area (Å²) in [6, 6.07) is 41.7. The zero-order chi connectivity index (χ0) is 45.0. The molecule has 2 atom stereocenters. The van der Waals surface area contributed by atoms with Gasteiger partial charge in [0.1, 0.15) is 10.8 Å². The molecule has 2 N–H and O–H groups in total. The quantitative estimate of drug-likeness (QED) is 0.181. The molecule has 13 rings (SSSR count). The van der Waals surface area contributed by atoms with Gasteiger partial charge in [0.05, 0.1) is 22.8 Å². The second kappa shape index (κ2) is 13.3. The van der Waals surface area contributed by atoms with Crippen LogP contribution in [0, 0.1) is 41.5 Å². The summed E-state index contributed by atoms with van der Waals surface area (Å²) in [5.41, 5.74) is 17.0. The van der Waals surface area contributed by atoms with Crippen LogP contribution >= 0.6 is 0 Å². The lowest BCUT2D eigenvalue weighted by Gasteiger charge is -2.29. The van der Waals surface area contributed by atoms with Crippen molar-refractivity contribution in [1.29, 1.82) is 0 Å². The molecule has 0 saturated heterocycles. The fraction of sp³-hybridized carbons (Fsp3) is 0.133. The molecular weight excluding hydrogens is 809 g/mol. The number of allylic oxidation sites excluding steroid dienone is 4. The Kier molecular flexibility index (Phi) is 7.76. The summed E-state index contributed by atoms with van der Waals surface area (Å²) in [5.74, 6) is -0.0402. The fourth-order valence-electron chi connectivity index (χ4n) is 12.5. The van der Waals surface area contributed by atoms with E-state index in [-0.39, 0.29) is 11.6 Å². The van der Waals surface area contributed by atoms with Crippen molar-refractivity contribution in [1.82, 2.24) is 9.97 Å². The molecule has 3 aliphatic heterocycles. The molecule has 6 nitrogen and oxygen atoms in total. The predicted molar refractivity (Wildman–Crippen MR) is 266 cm³/mol. The van der Waals surface area contributed by atoms with Gasteiger partial charge in [0.15, 0.2) is 11.6 Å². The van der Waals surface area contributed by atoms with E-state index in [9.17, 15) is 0 Å². The number of ketones is 2. The number of aliphatic imine (C=N–C) groups is 2. The molecule has 2 aliphatic carbocycles. The molecule has 0 saturated carbocycles. The number of nitrogens with zero attached hydrogens (tertiary/aromatic N) is 2. The Bertz CT molecular complexity index is 3610. The normalized spacial score (nSPS) is 21.2. The highest BCUT2D eigenvalue weighted by molar-refractivity contribution is 6.46. The molecule has 66 heavy (non-hydrogen) atoms. The molecule has 0 radical (unpaired) electrons. The molecule has 8 aromatic rings. The first kappa shape index (κ1) is 38.5. The minimum absolute atomic E-state index is 0.00332. The summed E-state index contributed by atoms with van der Waals surface area (Å²) in [7, 11) is 0. The molecule has 5 heterocycles. The number of aromatic nitrogens is 2. The third-order valence-electron chi connectivity index (χ3n) is 14.9. The topological polar surface area (TPSA) is 90.4 Å². The number of H-pyrrole nitrogens is 2. The number of fused-ring (bicyclic) bond motifs is 12. The van der Waals surface area contributed by atoms with Crippen molar-refractivity contribution in [2.45, 2.75) is 52.4 Å². The smallest absolute Gasteiger partial charge is 0.186 e. The molecule has 0 amide bonds. The van der Waals surface area contributed by atoms with Crippen molar-refractivity contribution in [2.75, 3.05) is 0 Å². The second-order valence-corrected chi connectivity index (χ2v) is 18.9. The number of aryl methyl sites for hydroxylation is 6. The first-order valence-electron chi connectivity index (χ1n) is 22.7. The molecule has 0 fully saturated rings. The maximum Gasteiger partial charge on any atom is 0.186 e. The average molecular weight is 853 g/mol. The molecule has 2 spiro atoms. The largest absolute Gasteiger partial charge is 0.357 e. The maximum absolute atomic E-state index is 15.7. The van der Waals surface area contributed by atoms with Crippen molar-refractivity contribution in [2.24, 2.45) is 9.98 Å². The number of carbonyl (C=O) groups excluding carboxylic acids is 2. The second-order valence-electron chi connectivity index (χ2n) is 18.9. The highest BCUT2D eigenvalue weighted by Crippen LogP contribution is 2.53. The van der Waals surface area contributed by atoms with E-state index in [2.05, 4.69) is 155 Å². The third kappa shape index (κ3) is 4.80. The van der Waals surface area contributed by atoms with Crippen molar-refractivity contribution < 1.29 is 9.59 Å². The van der Waals surface area contributed by atoms with E-state index in [1.54, 1.807) is 0 Å². The summed E-state index contributed by atoms with van der Waals surface area (Å²) in [6.45, 7) is 12.8. The monoisotopic (exact) mass is 852 g/mol. The van der Waals surface area contributed by atoms with E-state index >= 15 is 9.59 Å². The van der Waals surface area contributed by atoms with Crippen molar-refractivity contribution in [3.05, 3.63) is 247 Å². The number of nitrogens with one attached hydrogen (secondary N) is 2. The van der Waals surface area contributed by atoms with Gasteiger partial charge in [-0.05, 0) is 156 Å². The van der Waals surface area contributed by atoms with Crippen LogP contribution in [0.4, 0.5) is 0 Å². The minimum Gasteiger partial charge on any atom is -0.357 e. The molecule has 6 aromatic carbocycles. The van der Waals surface area contributed by atoms with Crippen LogP contribution in [0.3, 0.4) is 0 Å². The summed E-state index contributed by atoms with van der Waals surface area (Å²) >= 11 is 0. The predicted octanol–water partition coefficient (Wildman–Crippen LogP) is 12.7. The summed E-state index contributed by atoms with van der Waals surface area (Å²) in [5, 5.41) is 3.92. The number of carbonyl (C=O) groups is 2. The average Bonchev–Trinajstić information content (AvgIpc) is 4.17. The number of rotatable bonds is 2. The summed E-state index contributed by atoms with van der Waals surface area (Å²) in [6.07, 6.45) is 8.18.